The van der Waals surface area contributed by atoms with Gasteiger partial charge in [0.2, 0.25) is 5.91 Å². The maximum absolute atomic E-state index is 11.5. The fraction of sp³-hybridized carbons (Fsp3) is 0.417. The molecule has 0 aliphatic rings. The normalized spacial score (nSPS) is 11.9. The first-order valence-electron chi connectivity index (χ1n) is 5.81. The number of amides is 1. The summed E-state index contributed by atoms with van der Waals surface area (Å²) in [6, 6.07) is 5.56. The van der Waals surface area contributed by atoms with Crippen molar-refractivity contribution in [2.24, 2.45) is 5.73 Å². The summed E-state index contributed by atoms with van der Waals surface area (Å²) in [5, 5.41) is 13.2. The number of nitrogens with one attached hydrogen (secondary N) is 1. The van der Waals surface area contributed by atoms with Gasteiger partial charge in [-0.1, -0.05) is 25.5 Å². The first kappa shape index (κ1) is 14.1. The predicted octanol–water partition coefficient (Wildman–Crippen LogP) is 1.34. The highest BCUT2D eigenvalue weighted by molar-refractivity contribution is 5.81. The molecule has 0 aromatic heterocycles. The molecular formula is C12H17N3O3. The van der Waals surface area contributed by atoms with E-state index in [2.05, 4.69) is 5.32 Å². The van der Waals surface area contributed by atoms with E-state index in [1.165, 1.54) is 12.1 Å². The molecule has 1 atom stereocenters. The van der Waals surface area contributed by atoms with Gasteiger partial charge in [-0.25, -0.2) is 0 Å². The van der Waals surface area contributed by atoms with Crippen LogP contribution in [0.2, 0.25) is 0 Å². The van der Waals surface area contributed by atoms with Gasteiger partial charge in [-0.2, -0.15) is 0 Å². The number of non-ortho nitro benzene ring substituents is 1. The van der Waals surface area contributed by atoms with Gasteiger partial charge in [-0.15, -0.1) is 0 Å². The van der Waals surface area contributed by atoms with E-state index in [4.69, 9.17) is 5.73 Å². The second-order valence-electron chi connectivity index (χ2n) is 4.04. The zero-order valence-electron chi connectivity index (χ0n) is 10.3. The number of hydrogen-bond donors (Lipinski definition) is 2. The molecule has 3 N–H and O–H groups in total. The van der Waals surface area contributed by atoms with E-state index in [0.29, 0.717) is 13.0 Å². The fourth-order valence-electron chi connectivity index (χ4n) is 1.50. The summed E-state index contributed by atoms with van der Waals surface area (Å²) in [4.78, 5) is 21.5. The molecule has 0 fully saturated rings. The lowest BCUT2D eigenvalue weighted by Crippen LogP contribution is -2.40. The van der Waals surface area contributed by atoms with Crippen molar-refractivity contribution in [1.29, 1.82) is 0 Å². The van der Waals surface area contributed by atoms with Gasteiger partial charge >= 0.3 is 0 Å². The third-order valence-corrected chi connectivity index (χ3v) is 2.55. The third kappa shape index (κ3) is 4.14. The van der Waals surface area contributed by atoms with Crippen LogP contribution in [0.4, 0.5) is 5.69 Å². The van der Waals surface area contributed by atoms with Crippen molar-refractivity contribution in [2.75, 3.05) is 0 Å². The van der Waals surface area contributed by atoms with Crippen LogP contribution in [0.3, 0.4) is 0 Å². The quantitative estimate of drug-likeness (QED) is 0.588. The lowest BCUT2D eigenvalue weighted by atomic mass is 10.1. The van der Waals surface area contributed by atoms with Gasteiger partial charge in [0.15, 0.2) is 0 Å². The Morgan fingerprint density at radius 1 is 1.44 bits per heavy atom. The summed E-state index contributed by atoms with van der Waals surface area (Å²) in [6.45, 7) is 2.29. The number of nitrogens with two attached hydrogens (primary N) is 1. The monoisotopic (exact) mass is 251 g/mol. The summed E-state index contributed by atoms with van der Waals surface area (Å²) in [5.74, 6) is -0.199. The van der Waals surface area contributed by atoms with E-state index >= 15 is 0 Å². The molecule has 0 heterocycles. The Bertz CT molecular complexity index is 417. The van der Waals surface area contributed by atoms with Crippen molar-refractivity contribution in [1.82, 2.24) is 5.32 Å². The minimum absolute atomic E-state index is 0.0350. The van der Waals surface area contributed by atoms with Crippen LogP contribution < -0.4 is 11.1 Å². The first-order chi connectivity index (χ1) is 8.54. The van der Waals surface area contributed by atoms with E-state index < -0.39 is 11.0 Å². The highest BCUT2D eigenvalue weighted by atomic mass is 16.6. The lowest BCUT2D eigenvalue weighted by Gasteiger charge is -2.10. The minimum Gasteiger partial charge on any atom is -0.351 e. The second-order valence-corrected chi connectivity index (χ2v) is 4.04. The summed E-state index contributed by atoms with van der Waals surface area (Å²) >= 11 is 0. The maximum atomic E-state index is 11.5. The van der Waals surface area contributed by atoms with Gasteiger partial charge in [-0.05, 0) is 12.0 Å². The van der Waals surface area contributed by atoms with Crippen molar-refractivity contribution in [2.45, 2.75) is 32.4 Å². The van der Waals surface area contributed by atoms with Gasteiger partial charge in [0.05, 0.1) is 11.0 Å². The molecule has 1 aromatic rings. The Labute approximate surface area is 105 Å². The van der Waals surface area contributed by atoms with Crippen LogP contribution >= 0.6 is 0 Å². The van der Waals surface area contributed by atoms with Crippen molar-refractivity contribution in [3.05, 3.63) is 39.9 Å². The molecule has 0 unspecified atom stereocenters. The zero-order valence-corrected chi connectivity index (χ0v) is 10.3. The predicted molar refractivity (Wildman–Crippen MR) is 67.8 cm³/mol. The molecule has 0 saturated carbocycles. The van der Waals surface area contributed by atoms with Gasteiger partial charge in [0.1, 0.15) is 0 Å². The molecule has 1 rings (SSSR count). The second kappa shape index (κ2) is 6.70. The zero-order chi connectivity index (χ0) is 13.5. The van der Waals surface area contributed by atoms with Crippen LogP contribution in [-0.2, 0) is 11.3 Å². The van der Waals surface area contributed by atoms with Crippen LogP contribution in [0.15, 0.2) is 24.3 Å². The van der Waals surface area contributed by atoms with Crippen LogP contribution in [0.5, 0.6) is 0 Å². The molecule has 1 amide bonds. The number of benzene rings is 1. The SMILES string of the molecule is CCC[C@H](N)C(=O)NCc1ccc([N+](=O)[O-])cc1. The molecule has 98 valence electrons. The van der Waals surface area contributed by atoms with E-state index in [0.717, 1.165) is 12.0 Å². The smallest absolute Gasteiger partial charge is 0.269 e. The number of nitro groups is 1. The summed E-state index contributed by atoms with van der Waals surface area (Å²) < 4.78 is 0. The highest BCUT2D eigenvalue weighted by Crippen LogP contribution is 2.11. The number of nitro benzene ring substituents is 1. The van der Waals surface area contributed by atoms with Crippen molar-refractivity contribution in [3.8, 4) is 0 Å². The number of carbonyl (C=O) groups is 1. The third-order valence-electron chi connectivity index (χ3n) is 2.55. The van der Waals surface area contributed by atoms with Gasteiger partial charge < -0.3 is 11.1 Å². The van der Waals surface area contributed by atoms with Gasteiger partial charge in [-0.3, -0.25) is 14.9 Å². The first-order valence-corrected chi connectivity index (χ1v) is 5.81. The average Bonchev–Trinajstić information content (AvgIpc) is 2.36. The van der Waals surface area contributed by atoms with Crippen molar-refractivity contribution in [3.63, 3.8) is 0 Å². The molecular weight excluding hydrogens is 234 g/mol. The largest absolute Gasteiger partial charge is 0.351 e. The van der Waals surface area contributed by atoms with E-state index in [1.54, 1.807) is 12.1 Å². The molecule has 0 saturated heterocycles. The number of hydrogen-bond acceptors (Lipinski definition) is 4. The number of rotatable bonds is 6. The molecule has 0 bridgehead atoms. The summed E-state index contributed by atoms with van der Waals surface area (Å²) in [6.07, 6.45) is 1.50. The topological polar surface area (TPSA) is 98.3 Å². The standard InChI is InChI=1S/C12H17N3O3/c1-2-3-11(13)12(16)14-8-9-4-6-10(7-5-9)15(17)18/h4-7,11H,2-3,8,13H2,1H3,(H,14,16)/t11-/m0/s1. The van der Waals surface area contributed by atoms with Crippen LogP contribution in [0.25, 0.3) is 0 Å². The molecule has 6 nitrogen and oxygen atoms in total. The van der Waals surface area contributed by atoms with Crippen LogP contribution in [-0.4, -0.2) is 16.9 Å². The molecule has 18 heavy (non-hydrogen) atoms. The van der Waals surface area contributed by atoms with E-state index in [9.17, 15) is 14.9 Å². The van der Waals surface area contributed by atoms with Crippen molar-refractivity contribution >= 4 is 11.6 Å². The molecule has 6 heteroatoms. The number of carbonyl (C=O) groups excluding carboxylic acids is 1. The average molecular weight is 251 g/mol. The van der Waals surface area contributed by atoms with E-state index in [-0.39, 0.29) is 11.6 Å². The van der Waals surface area contributed by atoms with Gasteiger partial charge in [0.25, 0.3) is 5.69 Å². The summed E-state index contributed by atoms with van der Waals surface area (Å²) in [5.41, 5.74) is 6.49. The van der Waals surface area contributed by atoms with Crippen molar-refractivity contribution < 1.29 is 9.72 Å². The van der Waals surface area contributed by atoms with Crippen LogP contribution in [0, 0.1) is 10.1 Å². The Kier molecular flexibility index (Phi) is 5.26. The molecule has 0 aliphatic heterocycles. The van der Waals surface area contributed by atoms with E-state index in [1.807, 2.05) is 6.92 Å². The lowest BCUT2D eigenvalue weighted by molar-refractivity contribution is -0.384. The summed E-state index contributed by atoms with van der Waals surface area (Å²) in [7, 11) is 0. The highest BCUT2D eigenvalue weighted by Gasteiger charge is 2.11. The molecule has 0 radical (unpaired) electrons. The minimum atomic E-state index is -0.493. The Morgan fingerprint density at radius 3 is 2.56 bits per heavy atom. The Hall–Kier alpha value is -1.95. The Balaban J connectivity index is 2.48. The Morgan fingerprint density at radius 2 is 2.06 bits per heavy atom. The molecule has 0 aliphatic carbocycles. The maximum Gasteiger partial charge on any atom is 0.269 e. The molecule has 0 spiro atoms. The fourth-order valence-corrected chi connectivity index (χ4v) is 1.50. The van der Waals surface area contributed by atoms with Crippen LogP contribution in [0.1, 0.15) is 25.3 Å². The van der Waals surface area contributed by atoms with Gasteiger partial charge in [0, 0.05) is 18.7 Å². The molecule has 1 aromatic carbocycles. The number of nitrogens with zero attached hydrogens (tertiary/aromatic N) is 1.